The molecule has 0 aromatic heterocycles. The average Bonchev–Trinajstić information content (AvgIpc) is 2.81. The number of nitrogens with zero attached hydrogens (tertiary/aromatic N) is 1. The van der Waals surface area contributed by atoms with Gasteiger partial charge in [-0.1, -0.05) is 0 Å². The SMILES string of the molecule is O=C(CCC1CCCCO1)N1CCC(F)(C(=O)O)C1. The van der Waals surface area contributed by atoms with Crippen molar-refractivity contribution in [1.82, 2.24) is 4.90 Å². The summed E-state index contributed by atoms with van der Waals surface area (Å²) < 4.78 is 19.4. The van der Waals surface area contributed by atoms with Crippen molar-refractivity contribution in [2.24, 2.45) is 0 Å². The summed E-state index contributed by atoms with van der Waals surface area (Å²) >= 11 is 0. The van der Waals surface area contributed by atoms with Crippen molar-refractivity contribution in [2.45, 2.75) is 50.3 Å². The van der Waals surface area contributed by atoms with Crippen molar-refractivity contribution in [3.8, 4) is 0 Å². The number of ether oxygens (including phenoxy) is 1. The largest absolute Gasteiger partial charge is 0.479 e. The van der Waals surface area contributed by atoms with Crippen molar-refractivity contribution in [3.05, 3.63) is 0 Å². The van der Waals surface area contributed by atoms with Gasteiger partial charge in [0.25, 0.3) is 0 Å². The van der Waals surface area contributed by atoms with Crippen LogP contribution in [0.3, 0.4) is 0 Å². The summed E-state index contributed by atoms with van der Waals surface area (Å²) in [4.78, 5) is 24.0. The van der Waals surface area contributed by atoms with E-state index in [0.29, 0.717) is 12.8 Å². The van der Waals surface area contributed by atoms with Crippen molar-refractivity contribution >= 4 is 11.9 Å². The second kappa shape index (κ2) is 5.86. The van der Waals surface area contributed by atoms with Crippen LogP contribution in [0.5, 0.6) is 0 Å². The summed E-state index contributed by atoms with van der Waals surface area (Å²) in [7, 11) is 0. The molecule has 0 spiro atoms. The Labute approximate surface area is 111 Å². The summed E-state index contributed by atoms with van der Waals surface area (Å²) in [6.07, 6.45) is 4.11. The van der Waals surface area contributed by atoms with Gasteiger partial charge in [-0.2, -0.15) is 0 Å². The summed E-state index contributed by atoms with van der Waals surface area (Å²) in [5.74, 6) is -1.65. The highest BCUT2D eigenvalue weighted by atomic mass is 19.1. The van der Waals surface area contributed by atoms with E-state index in [4.69, 9.17) is 9.84 Å². The molecule has 6 heteroatoms. The molecule has 5 nitrogen and oxygen atoms in total. The van der Waals surface area contributed by atoms with E-state index in [9.17, 15) is 14.0 Å². The molecule has 0 aliphatic carbocycles. The summed E-state index contributed by atoms with van der Waals surface area (Å²) in [6.45, 7) is 0.606. The molecule has 2 rings (SSSR count). The van der Waals surface area contributed by atoms with Gasteiger partial charge in [0.15, 0.2) is 0 Å². The van der Waals surface area contributed by atoms with Gasteiger partial charge in [0.05, 0.1) is 12.6 Å². The van der Waals surface area contributed by atoms with Crippen molar-refractivity contribution in [3.63, 3.8) is 0 Å². The minimum absolute atomic E-state index is 0.117. The molecule has 1 amide bonds. The first-order valence-corrected chi connectivity index (χ1v) is 6.83. The Balaban J connectivity index is 1.76. The minimum atomic E-state index is -2.27. The molecule has 2 atom stereocenters. The highest BCUT2D eigenvalue weighted by molar-refractivity contribution is 5.82. The zero-order valence-corrected chi connectivity index (χ0v) is 10.9. The van der Waals surface area contributed by atoms with Crippen molar-refractivity contribution < 1.29 is 23.8 Å². The maximum atomic E-state index is 13.8. The average molecular weight is 273 g/mol. The summed E-state index contributed by atoms with van der Waals surface area (Å²) in [6, 6.07) is 0. The maximum Gasteiger partial charge on any atom is 0.343 e. The quantitative estimate of drug-likeness (QED) is 0.840. The fourth-order valence-corrected chi connectivity index (χ4v) is 2.64. The van der Waals surface area contributed by atoms with Crippen LogP contribution >= 0.6 is 0 Å². The number of hydrogen-bond donors (Lipinski definition) is 1. The molecule has 108 valence electrons. The van der Waals surface area contributed by atoms with E-state index in [0.717, 1.165) is 25.9 Å². The topological polar surface area (TPSA) is 66.8 Å². The first-order valence-electron chi connectivity index (χ1n) is 6.83. The van der Waals surface area contributed by atoms with E-state index in [1.54, 1.807) is 0 Å². The number of alkyl halides is 1. The Morgan fingerprint density at radius 2 is 2.21 bits per heavy atom. The smallest absolute Gasteiger partial charge is 0.343 e. The van der Waals surface area contributed by atoms with Gasteiger partial charge in [0.1, 0.15) is 0 Å². The van der Waals surface area contributed by atoms with E-state index in [2.05, 4.69) is 0 Å². The Morgan fingerprint density at radius 1 is 1.42 bits per heavy atom. The van der Waals surface area contributed by atoms with Crippen LogP contribution in [0.4, 0.5) is 4.39 Å². The molecular weight excluding hydrogens is 253 g/mol. The fourth-order valence-electron chi connectivity index (χ4n) is 2.64. The molecule has 2 saturated heterocycles. The van der Waals surface area contributed by atoms with Crippen LogP contribution in [0.2, 0.25) is 0 Å². The van der Waals surface area contributed by atoms with Crippen LogP contribution in [0, 0.1) is 0 Å². The normalized spacial score (nSPS) is 31.4. The first-order chi connectivity index (χ1) is 9.01. The van der Waals surface area contributed by atoms with E-state index >= 15 is 0 Å². The molecule has 0 radical (unpaired) electrons. The van der Waals surface area contributed by atoms with Crippen LogP contribution < -0.4 is 0 Å². The van der Waals surface area contributed by atoms with E-state index in [1.165, 1.54) is 4.90 Å². The zero-order valence-electron chi connectivity index (χ0n) is 10.9. The molecular formula is C13H20FNO4. The Morgan fingerprint density at radius 3 is 2.79 bits per heavy atom. The lowest BCUT2D eigenvalue weighted by molar-refractivity contribution is -0.150. The Bertz CT molecular complexity index is 357. The molecule has 19 heavy (non-hydrogen) atoms. The van der Waals surface area contributed by atoms with Crippen molar-refractivity contribution in [2.75, 3.05) is 19.7 Å². The van der Waals surface area contributed by atoms with Crippen LogP contribution in [0.25, 0.3) is 0 Å². The standard InChI is InChI=1S/C13H20FNO4/c14-13(12(17)18)6-7-15(9-13)11(16)5-4-10-3-1-2-8-19-10/h10H,1-9H2,(H,17,18). The van der Waals surface area contributed by atoms with Gasteiger partial charge in [-0.05, 0) is 25.7 Å². The highest BCUT2D eigenvalue weighted by Gasteiger charge is 2.46. The molecule has 0 aromatic rings. The predicted octanol–water partition coefficient (Wildman–Crippen LogP) is 1.36. The molecule has 0 bridgehead atoms. The minimum Gasteiger partial charge on any atom is -0.479 e. The van der Waals surface area contributed by atoms with Crippen LogP contribution in [-0.2, 0) is 14.3 Å². The number of amides is 1. The van der Waals surface area contributed by atoms with Gasteiger partial charge < -0.3 is 14.7 Å². The van der Waals surface area contributed by atoms with Crippen LogP contribution in [0.15, 0.2) is 0 Å². The number of rotatable bonds is 4. The predicted molar refractivity (Wildman–Crippen MR) is 65.5 cm³/mol. The Kier molecular flexibility index (Phi) is 4.39. The van der Waals surface area contributed by atoms with E-state index in [-0.39, 0.29) is 31.5 Å². The number of carbonyl (C=O) groups is 2. The second-order valence-corrected chi connectivity index (χ2v) is 5.36. The Hall–Kier alpha value is -1.17. The number of carbonyl (C=O) groups excluding carboxylic acids is 1. The maximum absolute atomic E-state index is 13.8. The first kappa shape index (κ1) is 14.2. The molecule has 2 aliphatic heterocycles. The van der Waals surface area contributed by atoms with Gasteiger partial charge in [0.2, 0.25) is 11.6 Å². The fraction of sp³-hybridized carbons (Fsp3) is 0.846. The monoisotopic (exact) mass is 273 g/mol. The number of carboxylic acid groups (broad SMARTS) is 1. The molecule has 0 aromatic carbocycles. The third-order valence-corrected chi connectivity index (χ3v) is 3.91. The third kappa shape index (κ3) is 3.43. The zero-order chi connectivity index (χ0) is 13.9. The molecule has 2 aliphatic rings. The lowest BCUT2D eigenvalue weighted by Crippen LogP contribution is -2.39. The molecule has 1 N–H and O–H groups in total. The van der Waals surface area contributed by atoms with Gasteiger partial charge in [-0.25, -0.2) is 9.18 Å². The summed E-state index contributed by atoms with van der Waals surface area (Å²) in [5, 5.41) is 8.77. The highest BCUT2D eigenvalue weighted by Crippen LogP contribution is 2.27. The molecule has 2 unspecified atom stereocenters. The number of aliphatic carboxylic acids is 1. The lowest BCUT2D eigenvalue weighted by Gasteiger charge is -2.23. The lowest BCUT2D eigenvalue weighted by atomic mass is 10.0. The van der Waals surface area contributed by atoms with Crippen LogP contribution in [0.1, 0.15) is 38.5 Å². The van der Waals surface area contributed by atoms with E-state index in [1.807, 2.05) is 0 Å². The van der Waals surface area contributed by atoms with Crippen LogP contribution in [-0.4, -0.2) is 53.4 Å². The molecule has 2 heterocycles. The number of likely N-dealkylation sites (tertiary alicyclic amines) is 1. The second-order valence-electron chi connectivity index (χ2n) is 5.36. The molecule has 2 fully saturated rings. The number of carboxylic acids is 1. The third-order valence-electron chi connectivity index (χ3n) is 3.91. The van der Waals surface area contributed by atoms with Crippen molar-refractivity contribution in [1.29, 1.82) is 0 Å². The number of halogens is 1. The van der Waals surface area contributed by atoms with Gasteiger partial charge >= 0.3 is 5.97 Å². The number of hydrogen-bond acceptors (Lipinski definition) is 3. The van der Waals surface area contributed by atoms with Gasteiger partial charge in [-0.15, -0.1) is 0 Å². The van der Waals surface area contributed by atoms with Gasteiger partial charge in [0, 0.05) is 26.0 Å². The van der Waals surface area contributed by atoms with E-state index < -0.39 is 11.6 Å². The molecule has 0 saturated carbocycles. The summed E-state index contributed by atoms with van der Waals surface area (Å²) in [5.41, 5.74) is -2.27. The van der Waals surface area contributed by atoms with Gasteiger partial charge in [-0.3, -0.25) is 4.79 Å².